The zero-order valence-corrected chi connectivity index (χ0v) is 17.3. The summed E-state index contributed by atoms with van der Waals surface area (Å²) >= 11 is 6.06. The molecular formula is C25H22ClN3O. The van der Waals surface area contributed by atoms with Crippen molar-refractivity contribution in [3.05, 3.63) is 101 Å². The smallest absolute Gasteiger partial charge is 0.223 e. The maximum Gasteiger partial charge on any atom is 0.223 e. The third-order valence-corrected chi connectivity index (χ3v) is 5.99. The maximum atomic E-state index is 12.8. The third-order valence-electron chi connectivity index (χ3n) is 5.73. The molecule has 1 aromatic heterocycles. The maximum absolute atomic E-state index is 12.8. The van der Waals surface area contributed by atoms with E-state index in [1.54, 1.807) is 0 Å². The van der Waals surface area contributed by atoms with Gasteiger partial charge in [-0.15, -0.1) is 0 Å². The van der Waals surface area contributed by atoms with E-state index in [2.05, 4.69) is 22.8 Å². The van der Waals surface area contributed by atoms with Crippen molar-refractivity contribution in [2.45, 2.75) is 25.4 Å². The molecule has 0 saturated carbocycles. The molecule has 0 bridgehead atoms. The number of hydrogen-bond donors (Lipinski definition) is 0. The van der Waals surface area contributed by atoms with E-state index in [9.17, 15) is 4.79 Å². The lowest BCUT2D eigenvalue weighted by molar-refractivity contribution is -0.128. The summed E-state index contributed by atoms with van der Waals surface area (Å²) in [5.41, 5.74) is 4.38. The molecule has 2 heterocycles. The van der Waals surface area contributed by atoms with Crippen LogP contribution < -0.4 is 0 Å². The minimum absolute atomic E-state index is 0.0842. The Morgan fingerprint density at radius 2 is 1.57 bits per heavy atom. The van der Waals surface area contributed by atoms with Gasteiger partial charge in [-0.05, 0) is 35.4 Å². The van der Waals surface area contributed by atoms with Gasteiger partial charge in [0, 0.05) is 37.0 Å². The van der Waals surface area contributed by atoms with Crippen molar-refractivity contribution >= 4 is 28.5 Å². The Morgan fingerprint density at radius 3 is 2.37 bits per heavy atom. The van der Waals surface area contributed by atoms with Crippen LogP contribution in [0.2, 0.25) is 5.02 Å². The molecule has 1 fully saturated rings. The molecule has 1 aliphatic heterocycles. The number of carbonyl (C=O) groups is 1. The fourth-order valence-electron chi connectivity index (χ4n) is 4.25. The Labute approximate surface area is 180 Å². The largest absolute Gasteiger partial charge is 0.338 e. The van der Waals surface area contributed by atoms with Gasteiger partial charge in [0.05, 0.1) is 11.0 Å². The highest BCUT2D eigenvalue weighted by Gasteiger charge is 2.34. The Hall–Kier alpha value is -3.11. The second-order valence-electron chi connectivity index (χ2n) is 7.83. The molecule has 1 saturated heterocycles. The second-order valence-corrected chi connectivity index (χ2v) is 8.27. The monoisotopic (exact) mass is 415 g/mol. The van der Waals surface area contributed by atoms with E-state index in [-0.39, 0.29) is 11.8 Å². The average Bonchev–Trinajstić information content (AvgIpc) is 3.31. The summed E-state index contributed by atoms with van der Waals surface area (Å²) in [5, 5.41) is 0.729. The topological polar surface area (TPSA) is 38.1 Å². The van der Waals surface area contributed by atoms with Gasteiger partial charge in [0.1, 0.15) is 5.82 Å². The molecule has 0 aliphatic carbocycles. The molecule has 5 heteroatoms. The average molecular weight is 416 g/mol. The van der Waals surface area contributed by atoms with Gasteiger partial charge in [-0.2, -0.15) is 0 Å². The lowest BCUT2D eigenvalue weighted by Crippen LogP contribution is -2.24. The number of para-hydroxylation sites is 2. The number of aromatic nitrogens is 2. The number of nitrogens with zero attached hydrogens (tertiary/aromatic N) is 3. The third kappa shape index (κ3) is 3.71. The number of benzene rings is 3. The molecule has 1 atom stereocenters. The first kappa shape index (κ1) is 18.9. The quantitative estimate of drug-likeness (QED) is 0.446. The van der Waals surface area contributed by atoms with Gasteiger partial charge in [0.25, 0.3) is 0 Å². The minimum Gasteiger partial charge on any atom is -0.338 e. The van der Waals surface area contributed by atoms with Gasteiger partial charge in [0.15, 0.2) is 0 Å². The fourth-order valence-corrected chi connectivity index (χ4v) is 4.37. The number of fused-ring (bicyclic) bond motifs is 1. The molecular weight excluding hydrogens is 394 g/mol. The normalized spacial score (nSPS) is 16.5. The van der Waals surface area contributed by atoms with Gasteiger partial charge in [-0.1, -0.05) is 66.2 Å². The van der Waals surface area contributed by atoms with Gasteiger partial charge < -0.3 is 9.47 Å². The van der Waals surface area contributed by atoms with Crippen molar-refractivity contribution in [3.8, 4) is 0 Å². The molecule has 0 spiro atoms. The highest BCUT2D eigenvalue weighted by molar-refractivity contribution is 6.30. The summed E-state index contributed by atoms with van der Waals surface area (Å²) < 4.78 is 2.25. The molecule has 5 rings (SSSR count). The zero-order valence-electron chi connectivity index (χ0n) is 16.5. The number of rotatable bonds is 5. The fraction of sp³-hybridized carbons (Fsp3) is 0.200. The van der Waals surface area contributed by atoms with Crippen LogP contribution >= 0.6 is 11.6 Å². The first-order valence-corrected chi connectivity index (χ1v) is 10.6. The summed E-state index contributed by atoms with van der Waals surface area (Å²) in [4.78, 5) is 19.7. The number of amides is 1. The van der Waals surface area contributed by atoms with Crippen LogP contribution in [-0.4, -0.2) is 26.9 Å². The highest BCUT2D eigenvalue weighted by Crippen LogP contribution is 2.32. The molecule has 1 unspecified atom stereocenters. The lowest BCUT2D eigenvalue weighted by atomic mass is 10.1. The number of imidazole rings is 1. The van der Waals surface area contributed by atoms with Gasteiger partial charge in [-0.25, -0.2) is 4.98 Å². The Kier molecular flexibility index (Phi) is 5.01. The molecule has 3 aromatic carbocycles. The van der Waals surface area contributed by atoms with Crippen molar-refractivity contribution in [2.75, 3.05) is 6.54 Å². The molecule has 1 amide bonds. The highest BCUT2D eigenvalue weighted by atomic mass is 35.5. The van der Waals surface area contributed by atoms with Crippen LogP contribution in [0.25, 0.3) is 11.0 Å². The first-order chi connectivity index (χ1) is 14.7. The zero-order chi connectivity index (χ0) is 20.5. The predicted octanol–water partition coefficient (Wildman–Crippen LogP) is 5.25. The van der Waals surface area contributed by atoms with Crippen molar-refractivity contribution in [1.82, 2.24) is 14.5 Å². The number of likely N-dealkylation sites (tertiary alicyclic amines) is 1. The Bertz CT molecular complexity index is 1180. The number of hydrogen-bond acceptors (Lipinski definition) is 2. The predicted molar refractivity (Wildman–Crippen MR) is 120 cm³/mol. The van der Waals surface area contributed by atoms with E-state index < -0.39 is 0 Å². The number of halogens is 1. The standard InChI is InChI=1S/C25H22ClN3O/c26-21-12-10-19(11-13-21)16-29-23-9-5-4-8-22(23)27-25(29)20-14-24(30)28(17-20)15-18-6-2-1-3-7-18/h1-13,20H,14-17H2. The van der Waals surface area contributed by atoms with Crippen molar-refractivity contribution in [3.63, 3.8) is 0 Å². The van der Waals surface area contributed by atoms with E-state index in [1.807, 2.05) is 65.6 Å². The van der Waals surface area contributed by atoms with Crippen molar-refractivity contribution < 1.29 is 4.79 Å². The summed E-state index contributed by atoms with van der Waals surface area (Å²) in [7, 11) is 0. The van der Waals surface area contributed by atoms with E-state index >= 15 is 0 Å². The summed E-state index contributed by atoms with van der Waals surface area (Å²) in [6.07, 6.45) is 0.497. The molecule has 0 radical (unpaired) electrons. The Balaban J connectivity index is 1.46. The molecule has 150 valence electrons. The lowest BCUT2D eigenvalue weighted by Gasteiger charge is -2.17. The van der Waals surface area contributed by atoms with Crippen LogP contribution in [0.5, 0.6) is 0 Å². The minimum atomic E-state index is 0.0842. The summed E-state index contributed by atoms with van der Waals surface area (Å²) in [6, 6.07) is 26.2. The van der Waals surface area contributed by atoms with Crippen LogP contribution in [-0.2, 0) is 17.9 Å². The molecule has 4 nitrogen and oxygen atoms in total. The van der Waals surface area contributed by atoms with Gasteiger partial charge >= 0.3 is 0 Å². The Morgan fingerprint density at radius 1 is 0.867 bits per heavy atom. The second kappa shape index (κ2) is 7.96. The summed E-state index contributed by atoms with van der Waals surface area (Å²) in [5.74, 6) is 1.25. The van der Waals surface area contributed by atoms with Crippen LogP contribution in [0.15, 0.2) is 78.9 Å². The first-order valence-electron chi connectivity index (χ1n) is 10.2. The SMILES string of the molecule is O=C1CC(c2nc3ccccc3n2Cc2ccc(Cl)cc2)CN1Cc1ccccc1. The van der Waals surface area contributed by atoms with Crippen molar-refractivity contribution in [2.24, 2.45) is 0 Å². The van der Waals surface area contributed by atoms with E-state index in [0.29, 0.717) is 26.1 Å². The number of carbonyl (C=O) groups excluding carboxylic acids is 1. The summed E-state index contributed by atoms with van der Waals surface area (Å²) in [6.45, 7) is 2.04. The van der Waals surface area contributed by atoms with Crippen molar-refractivity contribution in [1.29, 1.82) is 0 Å². The molecule has 4 aromatic rings. The van der Waals surface area contributed by atoms with Gasteiger partial charge in [-0.3, -0.25) is 4.79 Å². The van der Waals surface area contributed by atoms with E-state index in [4.69, 9.17) is 16.6 Å². The van der Waals surface area contributed by atoms with Crippen LogP contribution in [0.1, 0.15) is 29.3 Å². The molecule has 1 aliphatic rings. The van der Waals surface area contributed by atoms with E-state index in [0.717, 1.165) is 33.0 Å². The van der Waals surface area contributed by atoms with E-state index in [1.165, 1.54) is 0 Å². The van der Waals surface area contributed by atoms with Crippen LogP contribution in [0.4, 0.5) is 0 Å². The van der Waals surface area contributed by atoms with Gasteiger partial charge in [0.2, 0.25) is 5.91 Å². The molecule has 30 heavy (non-hydrogen) atoms. The van der Waals surface area contributed by atoms with Crippen LogP contribution in [0.3, 0.4) is 0 Å². The van der Waals surface area contributed by atoms with Crippen LogP contribution in [0, 0.1) is 0 Å². The molecule has 0 N–H and O–H groups in total.